The Morgan fingerprint density at radius 1 is 0.903 bits per heavy atom. The van der Waals surface area contributed by atoms with Gasteiger partial charge in [-0.05, 0) is 35.9 Å². The van der Waals surface area contributed by atoms with Crippen molar-refractivity contribution in [3.05, 3.63) is 64.7 Å². The van der Waals surface area contributed by atoms with Crippen molar-refractivity contribution in [3.8, 4) is 6.07 Å². The van der Waals surface area contributed by atoms with Gasteiger partial charge in [0, 0.05) is 49.5 Å². The highest BCUT2D eigenvalue weighted by Gasteiger charge is 2.19. The third-order valence-corrected chi connectivity index (χ3v) is 5.11. The van der Waals surface area contributed by atoms with Crippen LogP contribution in [0.2, 0.25) is 0 Å². The van der Waals surface area contributed by atoms with Crippen LogP contribution >= 0.6 is 0 Å². The molecule has 0 radical (unpaired) electrons. The number of hydrogen-bond acceptors (Lipinski definition) is 6. The van der Waals surface area contributed by atoms with Crippen LogP contribution in [-0.4, -0.2) is 60.2 Å². The molecule has 160 valence electrons. The minimum atomic E-state index is -0.711. The molecule has 2 aromatic carbocycles. The number of nitriles is 1. The van der Waals surface area contributed by atoms with Gasteiger partial charge in [0.1, 0.15) is 0 Å². The molecule has 5 N–H and O–H groups in total. The van der Waals surface area contributed by atoms with Crippen molar-refractivity contribution in [2.45, 2.75) is 6.54 Å². The number of benzene rings is 2. The van der Waals surface area contributed by atoms with E-state index in [0.29, 0.717) is 11.3 Å². The van der Waals surface area contributed by atoms with Crippen LogP contribution in [0.1, 0.15) is 31.8 Å². The predicted molar refractivity (Wildman–Crippen MR) is 115 cm³/mol. The van der Waals surface area contributed by atoms with Crippen LogP contribution in [-0.2, 0) is 11.3 Å². The summed E-state index contributed by atoms with van der Waals surface area (Å²) < 4.78 is 0. The Kier molecular flexibility index (Phi) is 6.97. The highest BCUT2D eigenvalue weighted by atomic mass is 16.2. The van der Waals surface area contributed by atoms with Crippen LogP contribution in [0.3, 0.4) is 0 Å². The first-order chi connectivity index (χ1) is 14.8. The first-order valence-corrected chi connectivity index (χ1v) is 9.82. The van der Waals surface area contributed by atoms with E-state index in [1.165, 1.54) is 18.2 Å². The molecule has 1 saturated heterocycles. The lowest BCUT2D eigenvalue weighted by Crippen LogP contribution is -2.48. The molecule has 1 aliphatic rings. The third kappa shape index (κ3) is 6.12. The van der Waals surface area contributed by atoms with E-state index >= 15 is 0 Å². The SMILES string of the molecule is N#Cc1ccc(CN2CCN(CC(=O)Nc3cc(C(N)=O)cc(C(N)=O)c3)CC2)cc1. The topological polar surface area (TPSA) is 146 Å². The fourth-order valence-corrected chi connectivity index (χ4v) is 3.44. The molecule has 3 rings (SSSR count). The summed E-state index contributed by atoms with van der Waals surface area (Å²) in [7, 11) is 0. The number of primary amides is 2. The zero-order valence-corrected chi connectivity index (χ0v) is 17.0. The fraction of sp³-hybridized carbons (Fsp3) is 0.273. The van der Waals surface area contributed by atoms with Gasteiger partial charge < -0.3 is 16.8 Å². The van der Waals surface area contributed by atoms with E-state index in [-0.39, 0.29) is 23.6 Å². The van der Waals surface area contributed by atoms with E-state index in [0.717, 1.165) is 38.3 Å². The largest absolute Gasteiger partial charge is 0.366 e. The summed E-state index contributed by atoms with van der Waals surface area (Å²) in [5.74, 6) is -1.67. The molecule has 0 aromatic heterocycles. The maximum Gasteiger partial charge on any atom is 0.248 e. The molecule has 1 aliphatic heterocycles. The highest BCUT2D eigenvalue weighted by Crippen LogP contribution is 2.15. The van der Waals surface area contributed by atoms with Gasteiger partial charge in [0.2, 0.25) is 17.7 Å². The van der Waals surface area contributed by atoms with Crippen molar-refractivity contribution in [1.82, 2.24) is 9.80 Å². The van der Waals surface area contributed by atoms with Crippen LogP contribution in [0, 0.1) is 11.3 Å². The number of carbonyl (C=O) groups is 3. The molecule has 0 unspecified atom stereocenters. The zero-order valence-electron chi connectivity index (χ0n) is 17.0. The number of nitrogens with one attached hydrogen (secondary N) is 1. The van der Waals surface area contributed by atoms with Crippen LogP contribution in [0.5, 0.6) is 0 Å². The molecule has 1 heterocycles. The van der Waals surface area contributed by atoms with Gasteiger partial charge in [0.15, 0.2) is 0 Å². The van der Waals surface area contributed by atoms with Gasteiger partial charge >= 0.3 is 0 Å². The van der Waals surface area contributed by atoms with Crippen molar-refractivity contribution >= 4 is 23.4 Å². The molecular formula is C22H24N6O3. The summed E-state index contributed by atoms with van der Waals surface area (Å²) in [5.41, 5.74) is 12.9. The van der Waals surface area contributed by atoms with Gasteiger partial charge in [-0.2, -0.15) is 5.26 Å². The number of piperazine rings is 1. The molecule has 0 bridgehead atoms. The monoisotopic (exact) mass is 420 g/mol. The fourth-order valence-electron chi connectivity index (χ4n) is 3.44. The standard InChI is InChI=1S/C22H24N6O3/c23-12-15-1-3-16(4-2-15)13-27-5-7-28(8-6-27)14-20(29)26-19-10-17(21(24)30)9-18(11-19)22(25)31/h1-4,9-11H,5-8,13-14H2,(H2,24,30)(H2,25,31)(H,26,29). The molecule has 31 heavy (non-hydrogen) atoms. The van der Waals surface area contributed by atoms with Crippen molar-refractivity contribution in [2.75, 3.05) is 38.0 Å². The molecule has 1 fully saturated rings. The summed E-state index contributed by atoms with van der Waals surface area (Å²) >= 11 is 0. The molecular weight excluding hydrogens is 396 g/mol. The lowest BCUT2D eigenvalue weighted by atomic mass is 10.1. The molecule has 0 aliphatic carbocycles. The average Bonchev–Trinajstić information content (AvgIpc) is 2.75. The van der Waals surface area contributed by atoms with E-state index in [1.54, 1.807) is 0 Å². The average molecular weight is 420 g/mol. The normalized spacial score (nSPS) is 14.5. The lowest BCUT2D eigenvalue weighted by molar-refractivity contribution is -0.117. The predicted octanol–water partition coefficient (Wildman–Crippen LogP) is 0.512. The minimum Gasteiger partial charge on any atom is -0.366 e. The third-order valence-electron chi connectivity index (χ3n) is 5.11. The van der Waals surface area contributed by atoms with Gasteiger partial charge in [-0.15, -0.1) is 0 Å². The number of rotatable bonds is 7. The number of hydrogen-bond donors (Lipinski definition) is 3. The van der Waals surface area contributed by atoms with E-state index < -0.39 is 11.8 Å². The first kappa shape index (κ1) is 22.0. The van der Waals surface area contributed by atoms with Crippen LogP contribution < -0.4 is 16.8 Å². The summed E-state index contributed by atoms with van der Waals surface area (Å²) in [5, 5.41) is 11.6. The Hall–Kier alpha value is -3.74. The lowest BCUT2D eigenvalue weighted by Gasteiger charge is -2.34. The number of amides is 3. The van der Waals surface area contributed by atoms with Crippen LogP contribution in [0.4, 0.5) is 5.69 Å². The number of nitrogens with zero attached hydrogens (tertiary/aromatic N) is 3. The first-order valence-electron chi connectivity index (χ1n) is 9.82. The summed E-state index contributed by atoms with van der Waals surface area (Å²) in [6, 6.07) is 13.8. The maximum absolute atomic E-state index is 12.5. The highest BCUT2D eigenvalue weighted by molar-refractivity contribution is 6.01. The molecule has 2 aromatic rings. The minimum absolute atomic E-state index is 0.100. The second-order valence-electron chi connectivity index (χ2n) is 7.44. The van der Waals surface area contributed by atoms with Crippen molar-refractivity contribution < 1.29 is 14.4 Å². The zero-order chi connectivity index (χ0) is 22.4. The van der Waals surface area contributed by atoms with Gasteiger partial charge in [-0.3, -0.25) is 24.2 Å². The van der Waals surface area contributed by atoms with Crippen molar-refractivity contribution in [3.63, 3.8) is 0 Å². The van der Waals surface area contributed by atoms with Gasteiger partial charge in [0.25, 0.3) is 0 Å². The molecule has 0 saturated carbocycles. The Morgan fingerprint density at radius 3 is 1.97 bits per heavy atom. The second-order valence-corrected chi connectivity index (χ2v) is 7.44. The summed E-state index contributed by atoms with van der Waals surface area (Å²) in [6.45, 7) is 4.08. The van der Waals surface area contributed by atoms with Gasteiger partial charge in [-0.25, -0.2) is 0 Å². The summed E-state index contributed by atoms with van der Waals surface area (Å²) in [6.07, 6.45) is 0. The summed E-state index contributed by atoms with van der Waals surface area (Å²) in [4.78, 5) is 39.7. The smallest absolute Gasteiger partial charge is 0.248 e. The molecule has 3 amide bonds. The van der Waals surface area contributed by atoms with Gasteiger partial charge in [0.05, 0.1) is 18.2 Å². The van der Waals surface area contributed by atoms with E-state index in [2.05, 4.69) is 16.3 Å². The number of carbonyl (C=O) groups excluding carboxylic acids is 3. The van der Waals surface area contributed by atoms with Crippen LogP contribution in [0.15, 0.2) is 42.5 Å². The van der Waals surface area contributed by atoms with Crippen LogP contribution in [0.25, 0.3) is 0 Å². The molecule has 9 heteroatoms. The quantitative estimate of drug-likeness (QED) is 0.595. The van der Waals surface area contributed by atoms with E-state index in [1.807, 2.05) is 29.2 Å². The number of anilines is 1. The second kappa shape index (κ2) is 9.84. The molecule has 0 spiro atoms. The van der Waals surface area contributed by atoms with Crippen molar-refractivity contribution in [1.29, 1.82) is 5.26 Å². The van der Waals surface area contributed by atoms with E-state index in [9.17, 15) is 14.4 Å². The number of nitrogens with two attached hydrogens (primary N) is 2. The molecule has 9 nitrogen and oxygen atoms in total. The Morgan fingerprint density at radius 2 is 1.45 bits per heavy atom. The Balaban J connectivity index is 1.51. The van der Waals surface area contributed by atoms with Gasteiger partial charge in [-0.1, -0.05) is 12.1 Å². The molecule has 0 atom stereocenters. The van der Waals surface area contributed by atoms with E-state index in [4.69, 9.17) is 16.7 Å². The Labute approximate surface area is 180 Å². The maximum atomic E-state index is 12.5. The van der Waals surface area contributed by atoms with Crippen molar-refractivity contribution in [2.24, 2.45) is 11.5 Å². The Bertz CT molecular complexity index is 988.